The summed E-state index contributed by atoms with van der Waals surface area (Å²) in [6.07, 6.45) is -0.887. The smallest absolute Gasteiger partial charge is 0.292 e. The largest absolute Gasteiger partial charge is 0.485 e. The van der Waals surface area contributed by atoms with Gasteiger partial charge in [0, 0.05) is 13.1 Å². The lowest BCUT2D eigenvalue weighted by molar-refractivity contribution is -0.127. The van der Waals surface area contributed by atoms with Crippen LogP contribution in [0.3, 0.4) is 0 Å². The van der Waals surface area contributed by atoms with Gasteiger partial charge in [-0.1, -0.05) is 23.5 Å². The number of hydrogen-bond donors (Lipinski definition) is 0. The molecule has 0 unspecified atom stereocenters. The Labute approximate surface area is 144 Å². The number of amides is 1. The predicted molar refractivity (Wildman–Crippen MR) is 87.6 cm³/mol. The van der Waals surface area contributed by atoms with Crippen molar-refractivity contribution < 1.29 is 23.0 Å². The van der Waals surface area contributed by atoms with Gasteiger partial charge in [-0.05, 0) is 18.2 Å². The molecule has 2 heterocycles. The van der Waals surface area contributed by atoms with Crippen LogP contribution in [-0.2, 0) is 11.8 Å². The first-order chi connectivity index (χ1) is 12.0. The Morgan fingerprint density at radius 2 is 2.04 bits per heavy atom. The lowest BCUT2D eigenvalue weighted by Gasteiger charge is -2.23. The molecule has 0 N–H and O–H groups in total. The number of benzene rings is 2. The van der Waals surface area contributed by atoms with Crippen molar-refractivity contribution in [1.82, 2.24) is 4.57 Å². The van der Waals surface area contributed by atoms with E-state index in [0.29, 0.717) is 16.2 Å². The molecule has 1 aliphatic rings. The van der Waals surface area contributed by atoms with E-state index in [-0.39, 0.29) is 16.9 Å². The van der Waals surface area contributed by atoms with Gasteiger partial charge in [-0.2, -0.15) is 4.99 Å². The second kappa shape index (κ2) is 5.96. The van der Waals surface area contributed by atoms with Gasteiger partial charge in [-0.25, -0.2) is 8.78 Å². The molecule has 0 saturated heterocycles. The van der Waals surface area contributed by atoms with Gasteiger partial charge in [0.1, 0.15) is 12.4 Å². The van der Waals surface area contributed by atoms with E-state index in [1.165, 1.54) is 10.6 Å². The molecule has 0 radical (unpaired) electrons. The Morgan fingerprint density at radius 1 is 1.28 bits per heavy atom. The average molecular weight is 362 g/mol. The second-order valence-electron chi connectivity index (χ2n) is 5.49. The van der Waals surface area contributed by atoms with Crippen molar-refractivity contribution in [2.24, 2.45) is 12.0 Å². The molecule has 0 spiro atoms. The van der Waals surface area contributed by atoms with E-state index in [4.69, 9.17) is 9.47 Å². The molecule has 1 aromatic heterocycles. The number of hydrogen-bond acceptors (Lipinski definition) is 4. The molecule has 0 fully saturated rings. The van der Waals surface area contributed by atoms with Gasteiger partial charge in [-0.3, -0.25) is 4.79 Å². The third kappa shape index (κ3) is 2.78. The molecule has 0 aliphatic carbocycles. The number of ether oxygens (including phenoxy) is 2. The molecule has 8 heteroatoms. The molecule has 1 amide bonds. The molecule has 128 valence electrons. The van der Waals surface area contributed by atoms with Crippen LogP contribution in [-0.4, -0.2) is 23.2 Å². The summed E-state index contributed by atoms with van der Waals surface area (Å²) in [6.45, 7) is 0.0386. The molecule has 2 aromatic carbocycles. The van der Waals surface area contributed by atoms with Crippen LogP contribution in [0.1, 0.15) is 0 Å². The third-order valence-corrected chi connectivity index (χ3v) is 4.89. The van der Waals surface area contributed by atoms with Crippen LogP contribution in [0.4, 0.5) is 8.78 Å². The fraction of sp³-hybridized carbons (Fsp3) is 0.176. The summed E-state index contributed by atoms with van der Waals surface area (Å²) in [5.74, 6) is -0.885. The van der Waals surface area contributed by atoms with Crippen LogP contribution in [0.5, 0.6) is 11.5 Å². The number of fused-ring (bicyclic) bond motifs is 2. The minimum absolute atomic E-state index is 0.0386. The average Bonchev–Trinajstić information content (AvgIpc) is 2.90. The van der Waals surface area contributed by atoms with Crippen LogP contribution < -0.4 is 14.3 Å². The third-order valence-electron chi connectivity index (χ3n) is 3.81. The number of thiazole rings is 1. The number of carbonyl (C=O) groups is 1. The fourth-order valence-electron chi connectivity index (χ4n) is 2.61. The summed E-state index contributed by atoms with van der Waals surface area (Å²) in [7, 11) is 1.57. The maximum atomic E-state index is 14.0. The summed E-state index contributed by atoms with van der Waals surface area (Å²) in [4.78, 5) is 16.7. The number of rotatable bonds is 1. The summed E-state index contributed by atoms with van der Waals surface area (Å²) in [5.41, 5.74) is 0.198. The molecular weight excluding hydrogens is 350 g/mol. The quantitative estimate of drug-likeness (QED) is 0.669. The highest BCUT2D eigenvalue weighted by molar-refractivity contribution is 7.16. The molecule has 4 rings (SSSR count). The molecule has 5 nitrogen and oxygen atoms in total. The van der Waals surface area contributed by atoms with Gasteiger partial charge < -0.3 is 14.0 Å². The molecule has 25 heavy (non-hydrogen) atoms. The Hall–Kier alpha value is -2.74. The molecule has 3 aromatic rings. The topological polar surface area (TPSA) is 52.8 Å². The fourth-order valence-corrected chi connectivity index (χ4v) is 3.68. The number of aryl methyl sites for hydroxylation is 1. The van der Waals surface area contributed by atoms with Crippen molar-refractivity contribution in [3.05, 3.63) is 52.8 Å². The van der Waals surface area contributed by atoms with Crippen molar-refractivity contribution in [3.63, 3.8) is 0 Å². The number of para-hydroxylation sites is 2. The van der Waals surface area contributed by atoms with E-state index in [0.717, 1.165) is 17.4 Å². The van der Waals surface area contributed by atoms with Crippen molar-refractivity contribution in [2.75, 3.05) is 6.61 Å². The highest BCUT2D eigenvalue weighted by Gasteiger charge is 2.27. The first kappa shape index (κ1) is 15.8. The van der Waals surface area contributed by atoms with Crippen molar-refractivity contribution >= 4 is 27.5 Å². The summed E-state index contributed by atoms with van der Waals surface area (Å²) in [6, 6.07) is 9.04. The molecule has 1 aliphatic heterocycles. The summed E-state index contributed by atoms with van der Waals surface area (Å²) < 4.78 is 40.2. The van der Waals surface area contributed by atoms with Gasteiger partial charge in [-0.15, -0.1) is 0 Å². The van der Waals surface area contributed by atoms with Crippen molar-refractivity contribution in [1.29, 1.82) is 0 Å². The van der Waals surface area contributed by atoms with E-state index < -0.39 is 23.6 Å². The van der Waals surface area contributed by atoms with E-state index in [1.807, 2.05) is 0 Å². The van der Waals surface area contributed by atoms with Crippen LogP contribution in [0, 0.1) is 11.6 Å². The highest BCUT2D eigenvalue weighted by atomic mass is 32.1. The first-order valence-electron chi connectivity index (χ1n) is 7.44. The zero-order chi connectivity index (χ0) is 17.6. The van der Waals surface area contributed by atoms with E-state index in [9.17, 15) is 13.6 Å². The standard InChI is InChI=1S/C17H12F2N2O3S/c1-21-15-10(19)6-9(18)7-14(15)25-17(21)20-16(22)13-8-23-11-4-2-3-5-12(11)24-13/h2-7,13H,8H2,1H3/t13-/m1/s1. The maximum Gasteiger partial charge on any atom is 0.292 e. The lowest BCUT2D eigenvalue weighted by atomic mass is 10.2. The second-order valence-corrected chi connectivity index (χ2v) is 6.50. The van der Waals surface area contributed by atoms with Gasteiger partial charge in [0.2, 0.25) is 6.10 Å². The minimum atomic E-state index is -0.887. The molecule has 1 atom stereocenters. The van der Waals surface area contributed by atoms with Gasteiger partial charge >= 0.3 is 0 Å². The SMILES string of the molecule is Cn1c(=NC(=O)[C@H]2COc3ccccc3O2)sc2cc(F)cc(F)c21. The van der Waals surface area contributed by atoms with E-state index in [2.05, 4.69) is 4.99 Å². The Kier molecular flexibility index (Phi) is 3.76. The van der Waals surface area contributed by atoms with E-state index in [1.54, 1.807) is 31.3 Å². The van der Waals surface area contributed by atoms with Gasteiger partial charge in [0.15, 0.2) is 22.1 Å². The van der Waals surface area contributed by atoms with E-state index >= 15 is 0 Å². The Morgan fingerprint density at radius 3 is 2.84 bits per heavy atom. The number of halogens is 2. The molecule has 0 saturated carbocycles. The normalized spacial score (nSPS) is 17.1. The molecular formula is C17H12F2N2O3S. The van der Waals surface area contributed by atoms with Gasteiger partial charge in [0.05, 0.1) is 10.2 Å². The summed E-state index contributed by atoms with van der Waals surface area (Å²) in [5, 5.41) is 0. The van der Waals surface area contributed by atoms with Crippen LogP contribution in [0.25, 0.3) is 10.2 Å². The maximum absolute atomic E-state index is 14.0. The molecule has 0 bridgehead atoms. The van der Waals surface area contributed by atoms with Crippen molar-refractivity contribution in [2.45, 2.75) is 6.10 Å². The zero-order valence-electron chi connectivity index (χ0n) is 13.0. The van der Waals surface area contributed by atoms with Crippen LogP contribution in [0.2, 0.25) is 0 Å². The minimum Gasteiger partial charge on any atom is -0.485 e. The number of carbonyl (C=O) groups excluding carboxylic acids is 1. The Bertz CT molecular complexity index is 1060. The lowest BCUT2D eigenvalue weighted by Crippen LogP contribution is -2.36. The van der Waals surface area contributed by atoms with Crippen molar-refractivity contribution in [3.8, 4) is 11.5 Å². The monoisotopic (exact) mass is 362 g/mol. The highest BCUT2D eigenvalue weighted by Crippen LogP contribution is 2.31. The van der Waals surface area contributed by atoms with Crippen LogP contribution in [0.15, 0.2) is 41.4 Å². The zero-order valence-corrected chi connectivity index (χ0v) is 13.8. The summed E-state index contributed by atoms with van der Waals surface area (Å²) >= 11 is 1.03. The van der Waals surface area contributed by atoms with Crippen LogP contribution >= 0.6 is 11.3 Å². The Balaban J connectivity index is 1.70. The number of aromatic nitrogens is 1. The first-order valence-corrected chi connectivity index (χ1v) is 8.26. The predicted octanol–water partition coefficient (Wildman–Crippen LogP) is 2.79. The van der Waals surface area contributed by atoms with Gasteiger partial charge in [0.25, 0.3) is 5.91 Å². The number of nitrogens with zero attached hydrogens (tertiary/aromatic N) is 2.